The molecule has 3 rings (SSSR count). The summed E-state index contributed by atoms with van der Waals surface area (Å²) >= 11 is 0. The van der Waals surface area contributed by atoms with Crippen molar-refractivity contribution in [2.45, 2.75) is 33.1 Å². The number of benzene rings is 3. The van der Waals surface area contributed by atoms with Crippen LogP contribution in [0.4, 0.5) is 0 Å². The molecule has 0 radical (unpaired) electrons. The van der Waals surface area contributed by atoms with Crippen LogP contribution in [0.5, 0.6) is 0 Å². The van der Waals surface area contributed by atoms with Gasteiger partial charge >= 0.3 is 0 Å². The van der Waals surface area contributed by atoms with Crippen LogP contribution in [0.15, 0.2) is 60.7 Å². The second-order valence-corrected chi connectivity index (χ2v) is 7.14. The van der Waals surface area contributed by atoms with Gasteiger partial charge in [-0.1, -0.05) is 81.4 Å². The van der Waals surface area contributed by atoms with Crippen molar-refractivity contribution in [2.75, 3.05) is 0 Å². The molecule has 3 aromatic rings. The van der Waals surface area contributed by atoms with Crippen molar-refractivity contribution >= 4 is 16.6 Å². The first-order valence-electron chi connectivity index (χ1n) is 8.01. The van der Waals surface area contributed by atoms with Gasteiger partial charge in [-0.05, 0) is 34.2 Å². The first kappa shape index (κ1) is 15.5. The van der Waals surface area contributed by atoms with E-state index in [1.54, 1.807) is 0 Å². The van der Waals surface area contributed by atoms with E-state index in [1.807, 2.05) is 49.4 Å². The fraction of sp³-hybridized carbons (Fsp3) is 0.227. The van der Waals surface area contributed by atoms with Crippen molar-refractivity contribution in [3.8, 4) is 0 Å². The Morgan fingerprint density at radius 2 is 1.48 bits per heavy atom. The molecule has 0 bridgehead atoms. The van der Waals surface area contributed by atoms with E-state index in [9.17, 15) is 4.79 Å². The quantitative estimate of drug-likeness (QED) is 0.557. The summed E-state index contributed by atoms with van der Waals surface area (Å²) in [5.41, 5.74) is 3.91. The van der Waals surface area contributed by atoms with Gasteiger partial charge in [-0.3, -0.25) is 4.79 Å². The van der Waals surface area contributed by atoms with E-state index < -0.39 is 0 Å². The molecule has 0 heterocycles. The van der Waals surface area contributed by atoms with Crippen LogP contribution in [0.25, 0.3) is 10.8 Å². The highest BCUT2D eigenvalue weighted by Crippen LogP contribution is 2.27. The number of hydrogen-bond donors (Lipinski definition) is 0. The first-order valence-corrected chi connectivity index (χ1v) is 8.01. The largest absolute Gasteiger partial charge is 0.289 e. The molecule has 0 spiro atoms. The highest BCUT2D eigenvalue weighted by Gasteiger charge is 2.17. The van der Waals surface area contributed by atoms with Gasteiger partial charge in [0.25, 0.3) is 0 Å². The average molecular weight is 302 g/mol. The van der Waals surface area contributed by atoms with Crippen LogP contribution >= 0.6 is 0 Å². The van der Waals surface area contributed by atoms with Gasteiger partial charge in [0.15, 0.2) is 5.78 Å². The summed E-state index contributed by atoms with van der Waals surface area (Å²) in [7, 11) is 0. The lowest BCUT2D eigenvalue weighted by atomic mass is 9.85. The molecule has 0 fully saturated rings. The highest BCUT2D eigenvalue weighted by molar-refractivity contribution is 6.17. The van der Waals surface area contributed by atoms with Crippen LogP contribution < -0.4 is 0 Å². The average Bonchev–Trinajstić information content (AvgIpc) is 2.53. The number of carbonyl (C=O) groups excluding carboxylic acids is 1. The first-order chi connectivity index (χ1) is 10.9. The van der Waals surface area contributed by atoms with Crippen molar-refractivity contribution in [1.82, 2.24) is 0 Å². The Bertz CT molecular complexity index is 865. The number of rotatable bonds is 2. The van der Waals surface area contributed by atoms with Gasteiger partial charge in [-0.25, -0.2) is 0 Å². The molecule has 0 aromatic heterocycles. The topological polar surface area (TPSA) is 17.1 Å². The molecule has 0 atom stereocenters. The van der Waals surface area contributed by atoms with Gasteiger partial charge in [-0.15, -0.1) is 0 Å². The normalized spacial score (nSPS) is 11.7. The van der Waals surface area contributed by atoms with E-state index in [0.717, 1.165) is 27.5 Å². The molecule has 0 saturated carbocycles. The fourth-order valence-corrected chi connectivity index (χ4v) is 2.95. The summed E-state index contributed by atoms with van der Waals surface area (Å²) in [5, 5.41) is 2.13. The minimum atomic E-state index is 0.0942. The summed E-state index contributed by atoms with van der Waals surface area (Å²) in [6.45, 7) is 8.54. The summed E-state index contributed by atoms with van der Waals surface area (Å²) in [4.78, 5) is 13.0. The van der Waals surface area contributed by atoms with E-state index in [-0.39, 0.29) is 11.2 Å². The molecular formula is C22H22O. The number of ketones is 1. The molecular weight excluding hydrogens is 280 g/mol. The van der Waals surface area contributed by atoms with Crippen LogP contribution in [0.2, 0.25) is 0 Å². The Morgan fingerprint density at radius 1 is 0.826 bits per heavy atom. The molecule has 0 aliphatic carbocycles. The minimum absolute atomic E-state index is 0.0942. The third-order valence-corrected chi connectivity index (χ3v) is 4.38. The molecule has 0 N–H and O–H groups in total. The summed E-state index contributed by atoms with van der Waals surface area (Å²) in [6.07, 6.45) is 0. The van der Waals surface area contributed by atoms with Gasteiger partial charge in [0.05, 0.1) is 0 Å². The van der Waals surface area contributed by atoms with Crippen LogP contribution in [0.1, 0.15) is 47.8 Å². The Morgan fingerprint density at radius 3 is 2.13 bits per heavy atom. The standard InChI is InChI=1S/C22H22O/c1-15-9-10-16-7-5-6-8-19(16)20(15)21(23)17-11-13-18(14-12-17)22(2,3)4/h5-14H,1-4H3. The minimum Gasteiger partial charge on any atom is -0.289 e. The molecule has 0 amide bonds. The van der Waals surface area contributed by atoms with Crippen molar-refractivity contribution in [3.05, 3.63) is 82.9 Å². The van der Waals surface area contributed by atoms with Gasteiger partial charge in [0.1, 0.15) is 0 Å². The molecule has 1 nitrogen and oxygen atoms in total. The monoisotopic (exact) mass is 302 g/mol. The maximum atomic E-state index is 13.0. The zero-order valence-electron chi connectivity index (χ0n) is 14.2. The molecule has 116 valence electrons. The predicted molar refractivity (Wildman–Crippen MR) is 97.3 cm³/mol. The maximum absolute atomic E-state index is 13.0. The van der Waals surface area contributed by atoms with Crippen molar-refractivity contribution in [1.29, 1.82) is 0 Å². The SMILES string of the molecule is Cc1ccc2ccccc2c1C(=O)c1ccc(C(C)(C)C)cc1. The van der Waals surface area contributed by atoms with Crippen LogP contribution in [0, 0.1) is 6.92 Å². The summed E-state index contributed by atoms with van der Waals surface area (Å²) in [6, 6.07) is 20.2. The van der Waals surface area contributed by atoms with Crippen LogP contribution in [-0.2, 0) is 5.41 Å². The second-order valence-electron chi connectivity index (χ2n) is 7.14. The molecule has 0 aliphatic heterocycles. The van der Waals surface area contributed by atoms with Gasteiger partial charge < -0.3 is 0 Å². The molecule has 23 heavy (non-hydrogen) atoms. The fourth-order valence-electron chi connectivity index (χ4n) is 2.95. The van der Waals surface area contributed by atoms with E-state index in [2.05, 4.69) is 39.0 Å². The molecule has 1 heteroatoms. The molecule has 0 aliphatic rings. The number of carbonyl (C=O) groups is 1. The third-order valence-electron chi connectivity index (χ3n) is 4.38. The van der Waals surface area contributed by atoms with Crippen LogP contribution in [0.3, 0.4) is 0 Å². The van der Waals surface area contributed by atoms with Crippen LogP contribution in [-0.4, -0.2) is 5.78 Å². The lowest BCUT2D eigenvalue weighted by Gasteiger charge is -2.19. The summed E-state index contributed by atoms with van der Waals surface area (Å²) in [5.74, 6) is 0.0970. The van der Waals surface area contributed by atoms with Gasteiger partial charge in [0, 0.05) is 11.1 Å². The molecule has 3 aromatic carbocycles. The van der Waals surface area contributed by atoms with E-state index in [4.69, 9.17) is 0 Å². The smallest absolute Gasteiger partial charge is 0.193 e. The molecule has 0 saturated heterocycles. The number of hydrogen-bond acceptors (Lipinski definition) is 1. The Labute approximate surface area is 138 Å². The summed E-state index contributed by atoms with van der Waals surface area (Å²) < 4.78 is 0. The zero-order chi connectivity index (χ0) is 16.6. The van der Waals surface area contributed by atoms with E-state index >= 15 is 0 Å². The van der Waals surface area contributed by atoms with Crippen molar-refractivity contribution < 1.29 is 4.79 Å². The second kappa shape index (κ2) is 5.66. The Balaban J connectivity index is 2.09. The predicted octanol–water partition coefficient (Wildman–Crippen LogP) is 5.68. The van der Waals surface area contributed by atoms with Crippen molar-refractivity contribution in [2.24, 2.45) is 0 Å². The Kier molecular flexibility index (Phi) is 3.81. The van der Waals surface area contributed by atoms with E-state index in [0.29, 0.717) is 0 Å². The van der Waals surface area contributed by atoms with Gasteiger partial charge in [0.2, 0.25) is 0 Å². The zero-order valence-corrected chi connectivity index (χ0v) is 14.2. The lowest BCUT2D eigenvalue weighted by Crippen LogP contribution is -2.11. The third kappa shape index (κ3) is 2.92. The number of aryl methyl sites for hydroxylation is 1. The maximum Gasteiger partial charge on any atom is 0.193 e. The lowest BCUT2D eigenvalue weighted by molar-refractivity contribution is 0.103. The van der Waals surface area contributed by atoms with Crippen molar-refractivity contribution in [3.63, 3.8) is 0 Å². The van der Waals surface area contributed by atoms with E-state index in [1.165, 1.54) is 5.56 Å². The molecule has 0 unspecified atom stereocenters. The Hall–Kier alpha value is -2.41. The van der Waals surface area contributed by atoms with Gasteiger partial charge in [-0.2, -0.15) is 0 Å². The highest BCUT2D eigenvalue weighted by atomic mass is 16.1. The number of fused-ring (bicyclic) bond motifs is 1.